The van der Waals surface area contributed by atoms with E-state index >= 15 is 0 Å². The van der Waals surface area contributed by atoms with Crippen LogP contribution in [0.1, 0.15) is 17.4 Å². The molecule has 0 saturated carbocycles. The third-order valence-corrected chi connectivity index (χ3v) is 1.71. The molecule has 82 valence electrons. The third kappa shape index (κ3) is 3.00. The van der Waals surface area contributed by atoms with Crippen LogP contribution in [-0.2, 0) is 11.8 Å². The van der Waals surface area contributed by atoms with Crippen molar-refractivity contribution in [3.05, 3.63) is 18.0 Å². The molecule has 0 atom stereocenters. The SMILES string of the molecule is CCOC(=O)c1cc(OB(O)O)cn1C. The lowest BCUT2D eigenvalue weighted by molar-refractivity contribution is 0.0515. The predicted octanol–water partition coefficient (Wildman–Crippen LogP) is -0.450. The maximum Gasteiger partial charge on any atom is 0.707 e. The van der Waals surface area contributed by atoms with Gasteiger partial charge >= 0.3 is 13.3 Å². The van der Waals surface area contributed by atoms with Crippen LogP contribution in [0.3, 0.4) is 0 Å². The normalized spacial score (nSPS) is 9.87. The molecular formula is C8H12BNO5. The highest BCUT2D eigenvalue weighted by molar-refractivity contribution is 6.33. The average Bonchev–Trinajstić information content (AvgIpc) is 2.46. The van der Waals surface area contributed by atoms with Gasteiger partial charge in [-0.25, -0.2) is 4.79 Å². The lowest BCUT2D eigenvalue weighted by Crippen LogP contribution is -2.20. The van der Waals surface area contributed by atoms with Crippen molar-refractivity contribution in [2.75, 3.05) is 6.61 Å². The zero-order chi connectivity index (χ0) is 11.4. The summed E-state index contributed by atoms with van der Waals surface area (Å²) in [7, 11) is -0.273. The van der Waals surface area contributed by atoms with Gasteiger partial charge in [0, 0.05) is 19.3 Å². The lowest BCUT2D eigenvalue weighted by atomic mass is 10.2. The molecule has 1 heterocycles. The molecule has 0 unspecified atom stereocenters. The molecule has 0 spiro atoms. The van der Waals surface area contributed by atoms with Crippen molar-refractivity contribution in [2.24, 2.45) is 7.05 Å². The summed E-state index contributed by atoms with van der Waals surface area (Å²) in [6.45, 7) is 1.98. The average molecular weight is 213 g/mol. The van der Waals surface area contributed by atoms with Gasteiger partial charge in [0.05, 0.1) is 6.61 Å². The van der Waals surface area contributed by atoms with Gasteiger partial charge in [-0.3, -0.25) is 0 Å². The summed E-state index contributed by atoms with van der Waals surface area (Å²) in [4.78, 5) is 11.3. The van der Waals surface area contributed by atoms with Crippen LogP contribution in [0.5, 0.6) is 5.75 Å². The number of hydrogen-bond acceptors (Lipinski definition) is 5. The van der Waals surface area contributed by atoms with E-state index in [-0.39, 0.29) is 18.1 Å². The van der Waals surface area contributed by atoms with Gasteiger partial charge in [-0.15, -0.1) is 0 Å². The first-order valence-electron chi connectivity index (χ1n) is 4.41. The summed E-state index contributed by atoms with van der Waals surface area (Å²) in [6.07, 6.45) is 1.45. The minimum atomic E-state index is -1.90. The summed E-state index contributed by atoms with van der Waals surface area (Å²) < 4.78 is 10.9. The zero-order valence-corrected chi connectivity index (χ0v) is 8.51. The van der Waals surface area contributed by atoms with Gasteiger partial charge in [0.2, 0.25) is 0 Å². The molecule has 0 radical (unpaired) electrons. The van der Waals surface area contributed by atoms with Crippen LogP contribution in [0, 0.1) is 0 Å². The van der Waals surface area contributed by atoms with E-state index < -0.39 is 13.3 Å². The summed E-state index contributed by atoms with van der Waals surface area (Å²) >= 11 is 0. The van der Waals surface area contributed by atoms with Crippen molar-refractivity contribution in [2.45, 2.75) is 6.92 Å². The van der Waals surface area contributed by atoms with E-state index in [1.54, 1.807) is 14.0 Å². The van der Waals surface area contributed by atoms with Crippen LogP contribution < -0.4 is 4.65 Å². The number of nitrogens with zero attached hydrogens (tertiary/aromatic N) is 1. The fraction of sp³-hybridized carbons (Fsp3) is 0.375. The van der Waals surface area contributed by atoms with Gasteiger partial charge in [-0.2, -0.15) is 0 Å². The molecule has 2 N–H and O–H groups in total. The first kappa shape index (κ1) is 11.6. The molecule has 1 aromatic heterocycles. The van der Waals surface area contributed by atoms with Crippen LogP contribution in [0.4, 0.5) is 0 Å². The van der Waals surface area contributed by atoms with E-state index in [0.717, 1.165) is 0 Å². The Labute approximate surface area is 87.2 Å². The molecule has 0 bridgehead atoms. The van der Waals surface area contributed by atoms with E-state index in [9.17, 15) is 4.79 Å². The van der Waals surface area contributed by atoms with Gasteiger partial charge in [-0.05, 0) is 6.92 Å². The first-order valence-corrected chi connectivity index (χ1v) is 4.41. The van der Waals surface area contributed by atoms with E-state index in [2.05, 4.69) is 4.65 Å². The maximum absolute atomic E-state index is 11.3. The van der Waals surface area contributed by atoms with Crippen LogP contribution >= 0.6 is 0 Å². The monoisotopic (exact) mass is 213 g/mol. The minimum Gasteiger partial charge on any atom is -0.511 e. The molecule has 0 saturated heterocycles. The number of hydrogen-bond donors (Lipinski definition) is 2. The van der Waals surface area contributed by atoms with Crippen LogP contribution in [0.25, 0.3) is 0 Å². The molecular weight excluding hydrogens is 201 g/mol. The number of carbonyl (C=O) groups excluding carboxylic acids is 1. The van der Waals surface area contributed by atoms with E-state index in [4.69, 9.17) is 14.8 Å². The van der Waals surface area contributed by atoms with Crippen molar-refractivity contribution >= 4 is 13.3 Å². The number of esters is 1. The molecule has 0 aliphatic rings. The van der Waals surface area contributed by atoms with Crippen molar-refractivity contribution in [3.63, 3.8) is 0 Å². The largest absolute Gasteiger partial charge is 0.707 e. The Bertz CT molecular complexity index is 349. The number of aryl methyl sites for hydroxylation is 1. The Morgan fingerprint density at radius 1 is 1.60 bits per heavy atom. The molecule has 0 aliphatic heterocycles. The summed E-state index contributed by atoms with van der Waals surface area (Å²) in [5, 5.41) is 17.1. The van der Waals surface area contributed by atoms with Crippen LogP contribution in [-0.4, -0.2) is 34.5 Å². The van der Waals surface area contributed by atoms with Gasteiger partial charge < -0.3 is 24.0 Å². The van der Waals surface area contributed by atoms with E-state index in [1.807, 2.05) is 0 Å². The predicted molar refractivity (Wildman–Crippen MR) is 52.2 cm³/mol. The van der Waals surface area contributed by atoms with Crippen LogP contribution in [0.2, 0.25) is 0 Å². The molecule has 7 heteroatoms. The molecule has 0 fully saturated rings. The van der Waals surface area contributed by atoms with Gasteiger partial charge in [0.1, 0.15) is 11.4 Å². The molecule has 0 aliphatic carbocycles. The summed E-state index contributed by atoms with van der Waals surface area (Å²) in [6, 6.07) is 1.37. The Hall–Kier alpha value is -1.47. The number of ether oxygens (including phenoxy) is 1. The topological polar surface area (TPSA) is 80.9 Å². The fourth-order valence-electron chi connectivity index (χ4n) is 1.13. The summed E-state index contributed by atoms with van der Waals surface area (Å²) in [5.41, 5.74) is 0.285. The molecule has 0 amide bonds. The Balaban J connectivity index is 2.81. The minimum absolute atomic E-state index is 0.190. The zero-order valence-electron chi connectivity index (χ0n) is 8.51. The number of rotatable bonds is 4. The second-order valence-electron chi connectivity index (χ2n) is 2.84. The van der Waals surface area contributed by atoms with Crippen molar-refractivity contribution in [1.29, 1.82) is 0 Å². The van der Waals surface area contributed by atoms with E-state index in [1.165, 1.54) is 16.8 Å². The highest BCUT2D eigenvalue weighted by Crippen LogP contribution is 2.16. The molecule has 6 nitrogen and oxygen atoms in total. The first-order chi connectivity index (χ1) is 7.04. The van der Waals surface area contributed by atoms with Gasteiger partial charge in [0.25, 0.3) is 0 Å². The van der Waals surface area contributed by atoms with Crippen molar-refractivity contribution in [3.8, 4) is 5.75 Å². The smallest absolute Gasteiger partial charge is 0.511 e. The Morgan fingerprint density at radius 3 is 2.80 bits per heavy atom. The molecule has 1 aromatic rings. The van der Waals surface area contributed by atoms with Crippen molar-refractivity contribution in [1.82, 2.24) is 4.57 Å². The molecule has 0 aromatic carbocycles. The second kappa shape index (κ2) is 4.85. The highest BCUT2D eigenvalue weighted by atomic mass is 16.6. The quantitative estimate of drug-likeness (QED) is 0.522. The second-order valence-corrected chi connectivity index (χ2v) is 2.84. The number of carbonyl (C=O) groups is 1. The fourth-order valence-corrected chi connectivity index (χ4v) is 1.13. The number of aromatic nitrogens is 1. The summed E-state index contributed by atoms with van der Waals surface area (Å²) in [5.74, 6) is -0.294. The van der Waals surface area contributed by atoms with Crippen molar-refractivity contribution < 1.29 is 24.2 Å². The van der Waals surface area contributed by atoms with Crippen LogP contribution in [0.15, 0.2) is 12.3 Å². The third-order valence-electron chi connectivity index (χ3n) is 1.71. The molecule has 1 rings (SSSR count). The van der Waals surface area contributed by atoms with Gasteiger partial charge in [0.15, 0.2) is 0 Å². The highest BCUT2D eigenvalue weighted by Gasteiger charge is 2.17. The Morgan fingerprint density at radius 2 is 2.27 bits per heavy atom. The standard InChI is InChI=1S/C8H12BNO5/c1-3-14-8(11)7-4-6(5-10(7)2)15-9(12)13/h4-5,12-13H,3H2,1-2H3. The lowest BCUT2D eigenvalue weighted by Gasteiger charge is -2.01. The van der Waals surface area contributed by atoms with Gasteiger partial charge in [-0.1, -0.05) is 0 Å². The molecule has 15 heavy (non-hydrogen) atoms. The Kier molecular flexibility index (Phi) is 3.76. The van der Waals surface area contributed by atoms with E-state index in [0.29, 0.717) is 0 Å². The maximum atomic E-state index is 11.3.